The number of halogens is 1. The summed E-state index contributed by atoms with van der Waals surface area (Å²) >= 11 is 6.03. The van der Waals surface area contributed by atoms with Gasteiger partial charge in [0.1, 0.15) is 12.3 Å². The SMILES string of the molecule is CCNC(=NCc1ccc(C(N)=O)o1)NC(C)c1cccc(Cl)c1. The van der Waals surface area contributed by atoms with Gasteiger partial charge in [-0.3, -0.25) is 4.79 Å². The number of guanidine groups is 1. The lowest BCUT2D eigenvalue weighted by Crippen LogP contribution is -2.38. The van der Waals surface area contributed by atoms with Crippen molar-refractivity contribution in [2.75, 3.05) is 6.54 Å². The second kappa shape index (κ2) is 8.40. The zero-order valence-corrected chi connectivity index (χ0v) is 14.4. The van der Waals surface area contributed by atoms with Crippen molar-refractivity contribution in [2.24, 2.45) is 10.7 Å². The van der Waals surface area contributed by atoms with Gasteiger partial charge in [-0.25, -0.2) is 4.99 Å². The molecule has 6 nitrogen and oxygen atoms in total. The van der Waals surface area contributed by atoms with E-state index >= 15 is 0 Å². The number of primary amides is 1. The highest BCUT2D eigenvalue weighted by Gasteiger charge is 2.10. The van der Waals surface area contributed by atoms with Crippen LogP contribution in [0, 0.1) is 0 Å². The van der Waals surface area contributed by atoms with Gasteiger partial charge in [0, 0.05) is 11.6 Å². The standard InChI is InChI=1S/C17H21ClN4O2/c1-3-20-17(21-10-14-7-8-15(24-14)16(19)23)22-11(2)12-5-4-6-13(18)9-12/h4-9,11H,3,10H2,1-2H3,(H2,19,23)(H2,20,21,22). The second-order valence-electron chi connectivity index (χ2n) is 5.25. The Labute approximate surface area is 146 Å². The third-order valence-corrected chi connectivity index (χ3v) is 3.58. The molecule has 0 aliphatic carbocycles. The molecule has 0 aliphatic rings. The van der Waals surface area contributed by atoms with Crippen LogP contribution < -0.4 is 16.4 Å². The molecule has 4 N–H and O–H groups in total. The van der Waals surface area contributed by atoms with Crippen molar-refractivity contribution in [3.63, 3.8) is 0 Å². The lowest BCUT2D eigenvalue weighted by molar-refractivity contribution is 0.0972. The van der Waals surface area contributed by atoms with E-state index in [1.54, 1.807) is 12.1 Å². The van der Waals surface area contributed by atoms with Crippen LogP contribution in [0.2, 0.25) is 5.02 Å². The van der Waals surface area contributed by atoms with Gasteiger partial charge in [-0.05, 0) is 43.7 Å². The first kappa shape index (κ1) is 17.9. The molecule has 2 rings (SSSR count). The number of hydrogen-bond donors (Lipinski definition) is 3. The Bertz CT molecular complexity index is 727. The molecule has 7 heteroatoms. The maximum Gasteiger partial charge on any atom is 0.284 e. The van der Waals surface area contributed by atoms with Crippen molar-refractivity contribution in [3.05, 3.63) is 58.5 Å². The highest BCUT2D eigenvalue weighted by molar-refractivity contribution is 6.30. The molecule has 0 aliphatic heterocycles. The summed E-state index contributed by atoms with van der Waals surface area (Å²) in [4.78, 5) is 15.5. The lowest BCUT2D eigenvalue weighted by atomic mass is 10.1. The third-order valence-electron chi connectivity index (χ3n) is 3.34. The van der Waals surface area contributed by atoms with Crippen molar-refractivity contribution >= 4 is 23.5 Å². The van der Waals surface area contributed by atoms with E-state index in [0.29, 0.717) is 23.3 Å². The summed E-state index contributed by atoms with van der Waals surface area (Å²) < 4.78 is 5.32. The minimum atomic E-state index is -0.593. The second-order valence-corrected chi connectivity index (χ2v) is 5.68. The number of benzene rings is 1. The first-order chi connectivity index (χ1) is 11.5. The number of carbonyl (C=O) groups is 1. The van der Waals surface area contributed by atoms with E-state index < -0.39 is 5.91 Å². The van der Waals surface area contributed by atoms with Crippen LogP contribution in [0.25, 0.3) is 0 Å². The molecular weight excluding hydrogens is 328 g/mol. The number of rotatable bonds is 6. The quantitative estimate of drug-likeness (QED) is 0.553. The number of hydrogen-bond acceptors (Lipinski definition) is 3. The van der Waals surface area contributed by atoms with Crippen LogP contribution in [0.1, 0.15) is 41.8 Å². The van der Waals surface area contributed by atoms with E-state index in [0.717, 1.165) is 12.1 Å². The van der Waals surface area contributed by atoms with Crippen LogP contribution in [-0.4, -0.2) is 18.4 Å². The highest BCUT2D eigenvalue weighted by Crippen LogP contribution is 2.17. The predicted molar refractivity (Wildman–Crippen MR) is 95.0 cm³/mol. The number of aliphatic imine (C=N–C) groups is 1. The van der Waals surface area contributed by atoms with Gasteiger partial charge in [0.2, 0.25) is 0 Å². The molecule has 0 radical (unpaired) electrons. The van der Waals surface area contributed by atoms with Crippen molar-refractivity contribution in [1.82, 2.24) is 10.6 Å². The van der Waals surface area contributed by atoms with Gasteiger partial charge in [-0.15, -0.1) is 0 Å². The maximum atomic E-state index is 11.0. The summed E-state index contributed by atoms with van der Waals surface area (Å²) in [6, 6.07) is 10.9. The Hall–Kier alpha value is -2.47. The molecule has 0 saturated carbocycles. The van der Waals surface area contributed by atoms with Gasteiger partial charge in [0.05, 0.1) is 6.04 Å². The van der Waals surface area contributed by atoms with E-state index in [9.17, 15) is 4.79 Å². The van der Waals surface area contributed by atoms with Crippen molar-refractivity contribution in [2.45, 2.75) is 26.4 Å². The Morgan fingerprint density at radius 3 is 2.79 bits per heavy atom. The average Bonchev–Trinajstić information content (AvgIpc) is 3.02. The van der Waals surface area contributed by atoms with Crippen LogP contribution >= 0.6 is 11.6 Å². The summed E-state index contributed by atoms with van der Waals surface area (Å²) in [5.74, 6) is 0.744. The molecule has 128 valence electrons. The van der Waals surface area contributed by atoms with Crippen molar-refractivity contribution in [3.8, 4) is 0 Å². The molecule has 1 aromatic heterocycles. The van der Waals surface area contributed by atoms with Gasteiger partial charge >= 0.3 is 0 Å². The van der Waals surface area contributed by atoms with Crippen LogP contribution in [0.4, 0.5) is 0 Å². The Morgan fingerprint density at radius 1 is 1.38 bits per heavy atom. The molecule has 1 aromatic carbocycles. The molecule has 1 atom stereocenters. The molecule has 0 bridgehead atoms. The first-order valence-electron chi connectivity index (χ1n) is 7.68. The number of nitrogens with two attached hydrogens (primary N) is 1. The lowest BCUT2D eigenvalue weighted by Gasteiger charge is -2.18. The molecule has 0 saturated heterocycles. The fourth-order valence-corrected chi connectivity index (χ4v) is 2.34. The molecule has 1 heterocycles. The van der Waals surface area contributed by atoms with Crippen LogP contribution in [0.15, 0.2) is 45.8 Å². The van der Waals surface area contributed by atoms with Crippen molar-refractivity contribution < 1.29 is 9.21 Å². The van der Waals surface area contributed by atoms with Gasteiger partial charge in [-0.1, -0.05) is 23.7 Å². The zero-order valence-electron chi connectivity index (χ0n) is 13.7. The maximum absolute atomic E-state index is 11.0. The summed E-state index contributed by atoms with van der Waals surface area (Å²) in [7, 11) is 0. The first-order valence-corrected chi connectivity index (χ1v) is 8.06. The molecular formula is C17H21ClN4O2. The topological polar surface area (TPSA) is 92.6 Å². The monoisotopic (exact) mass is 348 g/mol. The molecule has 1 amide bonds. The van der Waals surface area contributed by atoms with Crippen LogP contribution in [-0.2, 0) is 6.54 Å². The smallest absolute Gasteiger partial charge is 0.284 e. The minimum absolute atomic E-state index is 0.0271. The van der Waals surface area contributed by atoms with Crippen LogP contribution in [0.3, 0.4) is 0 Å². The number of amides is 1. The molecule has 24 heavy (non-hydrogen) atoms. The Balaban J connectivity index is 2.05. The molecule has 2 aromatic rings. The summed E-state index contributed by atoms with van der Waals surface area (Å²) in [6.45, 7) is 5.03. The molecule has 1 unspecified atom stereocenters. The van der Waals surface area contributed by atoms with E-state index in [-0.39, 0.29) is 11.8 Å². The number of carbonyl (C=O) groups excluding carboxylic acids is 1. The number of nitrogens with zero attached hydrogens (tertiary/aromatic N) is 1. The van der Waals surface area contributed by atoms with E-state index in [2.05, 4.69) is 15.6 Å². The minimum Gasteiger partial charge on any atom is -0.454 e. The fraction of sp³-hybridized carbons (Fsp3) is 0.294. The zero-order chi connectivity index (χ0) is 17.5. The Morgan fingerprint density at radius 2 is 2.17 bits per heavy atom. The molecule has 0 fully saturated rings. The third kappa shape index (κ3) is 5.03. The van der Waals surface area contributed by atoms with Gasteiger partial charge in [-0.2, -0.15) is 0 Å². The van der Waals surface area contributed by atoms with Crippen LogP contribution in [0.5, 0.6) is 0 Å². The van der Waals surface area contributed by atoms with E-state index in [4.69, 9.17) is 21.8 Å². The van der Waals surface area contributed by atoms with Gasteiger partial charge in [0.25, 0.3) is 5.91 Å². The summed E-state index contributed by atoms with van der Waals surface area (Å²) in [5.41, 5.74) is 6.23. The normalized spacial score (nSPS) is 12.7. The average molecular weight is 349 g/mol. The number of furan rings is 1. The van der Waals surface area contributed by atoms with Crippen molar-refractivity contribution in [1.29, 1.82) is 0 Å². The van der Waals surface area contributed by atoms with E-state index in [1.807, 2.05) is 38.1 Å². The number of nitrogens with one attached hydrogen (secondary N) is 2. The fourth-order valence-electron chi connectivity index (χ4n) is 2.14. The van der Waals surface area contributed by atoms with Gasteiger partial charge < -0.3 is 20.8 Å². The highest BCUT2D eigenvalue weighted by atomic mass is 35.5. The predicted octanol–water partition coefficient (Wildman–Crippen LogP) is 2.85. The summed E-state index contributed by atoms with van der Waals surface area (Å²) in [6.07, 6.45) is 0. The van der Waals surface area contributed by atoms with E-state index in [1.165, 1.54) is 0 Å². The van der Waals surface area contributed by atoms with Gasteiger partial charge in [0.15, 0.2) is 11.7 Å². The largest absolute Gasteiger partial charge is 0.454 e. The molecule has 0 spiro atoms. The Kier molecular flexibility index (Phi) is 6.26. The summed E-state index contributed by atoms with van der Waals surface area (Å²) in [5, 5.41) is 7.17.